The fraction of sp³-hybridized carbons (Fsp3) is 0.833. The van der Waals surface area contributed by atoms with Crippen LogP contribution in [0.15, 0.2) is 0 Å². The van der Waals surface area contributed by atoms with Crippen LogP contribution in [0, 0.1) is 0 Å². The predicted octanol–water partition coefficient (Wildman–Crippen LogP) is 0.199. The summed E-state index contributed by atoms with van der Waals surface area (Å²) >= 11 is 5.39. The van der Waals surface area contributed by atoms with Gasteiger partial charge in [0.15, 0.2) is 5.50 Å². The molecule has 0 radical (unpaired) electrons. The van der Waals surface area contributed by atoms with Crippen molar-refractivity contribution in [2.75, 3.05) is 0 Å². The first-order valence-corrected chi connectivity index (χ1v) is 3.41. The third-order valence-corrected chi connectivity index (χ3v) is 1.07. The first-order chi connectivity index (χ1) is 4.33. The van der Waals surface area contributed by atoms with Crippen molar-refractivity contribution >= 4 is 17.6 Å². The number of carbonyl (C=O) groups is 1. The molecule has 0 fully saturated rings. The van der Waals surface area contributed by atoms with Crippen molar-refractivity contribution in [3.8, 4) is 0 Å². The maximum atomic E-state index is 10.2. The van der Waals surface area contributed by atoms with Crippen LogP contribution in [-0.4, -0.2) is 27.6 Å². The zero-order valence-corrected chi connectivity index (χ0v) is 7.57. The number of aliphatic carboxylic acids is 1. The zero-order valence-electron chi connectivity index (χ0n) is 6.81. The van der Waals surface area contributed by atoms with Crippen molar-refractivity contribution in [2.24, 2.45) is 0 Å². The topological polar surface area (TPSA) is 80.8 Å². The van der Waals surface area contributed by atoms with E-state index in [4.69, 9.17) is 16.7 Å². The molecule has 0 rings (SSSR count). The molecule has 0 spiro atoms. The highest BCUT2D eigenvalue weighted by molar-refractivity contribution is 6.29. The molecule has 0 saturated heterocycles. The Morgan fingerprint density at radius 3 is 2.00 bits per heavy atom. The van der Waals surface area contributed by atoms with Crippen LogP contribution in [0.25, 0.3) is 0 Å². The maximum Gasteiger partial charge on any atom is 0.336 e. The van der Waals surface area contributed by atoms with Crippen LogP contribution in [0.4, 0.5) is 0 Å². The van der Waals surface area contributed by atoms with Gasteiger partial charge in [-0.15, -0.1) is 0 Å². The summed E-state index contributed by atoms with van der Waals surface area (Å²) in [5.41, 5.74) is -1.26. The lowest BCUT2D eigenvalue weighted by atomic mass is 10.1. The van der Waals surface area contributed by atoms with Gasteiger partial charge in [0.1, 0.15) is 0 Å². The van der Waals surface area contributed by atoms with Gasteiger partial charge in [-0.25, -0.2) is 4.79 Å². The lowest BCUT2D eigenvalue weighted by Gasteiger charge is -2.21. The highest BCUT2D eigenvalue weighted by Crippen LogP contribution is 2.03. The second-order valence-electron chi connectivity index (χ2n) is 3.10. The van der Waals surface area contributed by atoms with Crippen LogP contribution in [0.3, 0.4) is 0 Å². The van der Waals surface area contributed by atoms with E-state index in [2.05, 4.69) is 5.32 Å². The summed E-state index contributed by atoms with van der Waals surface area (Å²) in [5, 5.41) is 11.0. The van der Waals surface area contributed by atoms with E-state index in [1.165, 1.54) is 0 Å². The summed E-state index contributed by atoms with van der Waals surface area (Å²) in [5.74, 6) is -1.04. The molecular formula is C6H14ClNO3. The Balaban J connectivity index is 0. The molecule has 0 saturated carbocycles. The van der Waals surface area contributed by atoms with Crippen LogP contribution in [-0.2, 0) is 4.79 Å². The number of hydrogen-bond acceptors (Lipinski definition) is 2. The van der Waals surface area contributed by atoms with Crippen LogP contribution < -0.4 is 5.32 Å². The summed E-state index contributed by atoms with van der Waals surface area (Å²) in [6, 6.07) is 0. The molecule has 0 bridgehead atoms. The molecule has 0 aromatic carbocycles. The van der Waals surface area contributed by atoms with Crippen molar-refractivity contribution in [3.05, 3.63) is 0 Å². The molecule has 0 aliphatic carbocycles. The largest absolute Gasteiger partial charge is 0.479 e. The standard InChI is InChI=1S/C6H12ClNO2.H2O/c1-6(2,3)8-4(7)5(9)10;/h4,8H,1-3H3,(H,9,10);1H2. The van der Waals surface area contributed by atoms with E-state index in [-0.39, 0.29) is 11.0 Å². The Morgan fingerprint density at radius 1 is 1.55 bits per heavy atom. The van der Waals surface area contributed by atoms with Crippen LogP contribution in [0.1, 0.15) is 20.8 Å². The predicted molar refractivity (Wildman–Crippen MR) is 43.8 cm³/mol. The summed E-state index contributed by atoms with van der Waals surface area (Å²) in [6.45, 7) is 5.56. The molecule has 4 nitrogen and oxygen atoms in total. The van der Waals surface area contributed by atoms with Gasteiger partial charge in [-0.1, -0.05) is 11.6 Å². The summed E-state index contributed by atoms with van der Waals surface area (Å²) in [4.78, 5) is 10.2. The van der Waals surface area contributed by atoms with Crippen molar-refractivity contribution in [1.82, 2.24) is 5.32 Å². The molecule has 1 atom stereocenters. The molecule has 0 amide bonds. The fourth-order valence-electron chi connectivity index (χ4n) is 0.442. The van der Waals surface area contributed by atoms with E-state index < -0.39 is 11.5 Å². The van der Waals surface area contributed by atoms with Crippen molar-refractivity contribution in [3.63, 3.8) is 0 Å². The highest BCUT2D eigenvalue weighted by atomic mass is 35.5. The van der Waals surface area contributed by atoms with Crippen LogP contribution >= 0.6 is 11.6 Å². The Hall–Kier alpha value is -0.320. The average Bonchev–Trinajstić information content (AvgIpc) is 1.60. The van der Waals surface area contributed by atoms with Gasteiger partial charge in [0.05, 0.1) is 0 Å². The molecule has 0 heterocycles. The molecule has 0 aromatic heterocycles. The molecular weight excluding hydrogens is 170 g/mol. The summed E-state index contributed by atoms with van der Waals surface area (Å²) in [7, 11) is 0. The zero-order chi connectivity index (χ0) is 8.36. The molecule has 0 aromatic rings. The van der Waals surface area contributed by atoms with Crippen LogP contribution in [0.2, 0.25) is 0 Å². The summed E-state index contributed by atoms with van der Waals surface area (Å²) in [6.07, 6.45) is 0. The Kier molecular flexibility index (Phi) is 5.48. The maximum absolute atomic E-state index is 10.2. The molecule has 0 aliphatic rings. The quantitative estimate of drug-likeness (QED) is 0.474. The van der Waals surface area contributed by atoms with Gasteiger partial charge in [0, 0.05) is 5.54 Å². The SMILES string of the molecule is CC(C)(C)NC(Cl)C(=O)O.O. The minimum absolute atomic E-state index is 0. The second kappa shape index (κ2) is 4.54. The van der Waals surface area contributed by atoms with Gasteiger partial charge in [-0.3, -0.25) is 5.32 Å². The van der Waals surface area contributed by atoms with Crippen molar-refractivity contribution in [2.45, 2.75) is 31.8 Å². The molecule has 5 heteroatoms. The van der Waals surface area contributed by atoms with E-state index in [0.29, 0.717) is 0 Å². The van der Waals surface area contributed by atoms with Crippen molar-refractivity contribution in [1.29, 1.82) is 0 Å². The average molecular weight is 184 g/mol. The third kappa shape index (κ3) is 7.58. The van der Waals surface area contributed by atoms with Gasteiger partial charge in [-0.05, 0) is 20.8 Å². The molecule has 68 valence electrons. The molecule has 1 unspecified atom stereocenters. The van der Waals surface area contributed by atoms with E-state index in [1.807, 2.05) is 20.8 Å². The van der Waals surface area contributed by atoms with E-state index in [0.717, 1.165) is 0 Å². The van der Waals surface area contributed by atoms with E-state index in [9.17, 15) is 4.79 Å². The fourth-order valence-corrected chi connectivity index (χ4v) is 0.769. The normalized spacial score (nSPS) is 13.5. The third-order valence-electron chi connectivity index (χ3n) is 0.777. The van der Waals surface area contributed by atoms with Gasteiger partial charge in [-0.2, -0.15) is 0 Å². The van der Waals surface area contributed by atoms with Crippen molar-refractivity contribution < 1.29 is 15.4 Å². The monoisotopic (exact) mass is 183 g/mol. The lowest BCUT2D eigenvalue weighted by molar-refractivity contribution is -0.137. The van der Waals surface area contributed by atoms with E-state index in [1.54, 1.807) is 0 Å². The van der Waals surface area contributed by atoms with Gasteiger partial charge in [0.25, 0.3) is 0 Å². The minimum Gasteiger partial charge on any atom is -0.479 e. The number of halogens is 1. The lowest BCUT2D eigenvalue weighted by Crippen LogP contribution is -2.44. The Morgan fingerprint density at radius 2 is 1.91 bits per heavy atom. The minimum atomic E-state index is -1.04. The number of hydrogen-bond donors (Lipinski definition) is 2. The second-order valence-corrected chi connectivity index (χ2v) is 3.53. The summed E-state index contributed by atoms with van der Waals surface area (Å²) < 4.78 is 0. The highest BCUT2D eigenvalue weighted by Gasteiger charge is 2.19. The molecule has 0 aliphatic heterocycles. The van der Waals surface area contributed by atoms with Gasteiger partial charge in [0.2, 0.25) is 0 Å². The molecule has 4 N–H and O–H groups in total. The number of carboxylic acids is 1. The Labute approximate surface area is 70.9 Å². The van der Waals surface area contributed by atoms with Gasteiger partial charge >= 0.3 is 5.97 Å². The molecule has 11 heavy (non-hydrogen) atoms. The van der Waals surface area contributed by atoms with Gasteiger partial charge < -0.3 is 10.6 Å². The first kappa shape index (κ1) is 13.3. The Bertz CT molecular complexity index is 132. The van der Waals surface area contributed by atoms with E-state index >= 15 is 0 Å². The smallest absolute Gasteiger partial charge is 0.336 e. The number of nitrogens with one attached hydrogen (secondary N) is 1. The number of carboxylic acid groups (broad SMARTS) is 1. The number of alkyl halides is 1. The first-order valence-electron chi connectivity index (χ1n) is 2.97. The number of rotatable bonds is 2. The van der Waals surface area contributed by atoms with Crippen LogP contribution in [0.5, 0.6) is 0 Å².